The summed E-state index contributed by atoms with van der Waals surface area (Å²) in [6.07, 6.45) is 5.05. The molecule has 0 amide bonds. The van der Waals surface area contributed by atoms with E-state index < -0.39 is 0 Å². The Morgan fingerprint density at radius 2 is 2.47 bits per heavy atom. The Hall–Kier alpha value is -0.610. The largest absolute Gasteiger partial charge is 0.361 e. The molecule has 3 nitrogen and oxygen atoms in total. The molecule has 82 valence electrons. The summed E-state index contributed by atoms with van der Waals surface area (Å²) in [7, 11) is 0. The van der Waals surface area contributed by atoms with Crippen molar-refractivity contribution in [2.45, 2.75) is 25.7 Å². The number of fused-ring (bicyclic) bond motifs is 1. The Kier molecular flexibility index (Phi) is 2.63. The van der Waals surface area contributed by atoms with Crippen molar-refractivity contribution in [3.8, 4) is 0 Å². The van der Waals surface area contributed by atoms with Gasteiger partial charge in [0.25, 0.3) is 0 Å². The molecule has 0 radical (unpaired) electrons. The van der Waals surface area contributed by atoms with Crippen LogP contribution in [0.1, 0.15) is 23.4 Å². The van der Waals surface area contributed by atoms with E-state index in [4.69, 9.17) is 0 Å². The van der Waals surface area contributed by atoms with E-state index in [0.29, 0.717) is 0 Å². The molecule has 2 aliphatic rings. The number of rotatable bonds is 3. The number of aryl methyl sites for hydroxylation is 2. The summed E-state index contributed by atoms with van der Waals surface area (Å²) in [6.45, 7) is 3.43. The van der Waals surface area contributed by atoms with Crippen LogP contribution in [-0.2, 0) is 12.8 Å². The number of anilines is 1. The molecule has 0 saturated carbocycles. The number of nitrogens with zero attached hydrogens (tertiary/aromatic N) is 1. The van der Waals surface area contributed by atoms with Gasteiger partial charge in [-0.1, -0.05) is 0 Å². The summed E-state index contributed by atoms with van der Waals surface area (Å²) in [4.78, 5) is 6.15. The smallest absolute Gasteiger partial charge is 0.183 e. The number of hydrogen-bond donors (Lipinski definition) is 2. The fraction of sp³-hybridized carbons (Fsp3) is 0.727. The third-order valence-electron chi connectivity index (χ3n) is 3.30. The topological polar surface area (TPSA) is 37.0 Å². The van der Waals surface area contributed by atoms with Gasteiger partial charge in [0.15, 0.2) is 5.13 Å². The van der Waals surface area contributed by atoms with Gasteiger partial charge in [-0.25, -0.2) is 4.98 Å². The van der Waals surface area contributed by atoms with Gasteiger partial charge >= 0.3 is 0 Å². The molecule has 1 aliphatic carbocycles. The maximum atomic E-state index is 4.64. The number of hydrogen-bond acceptors (Lipinski definition) is 4. The highest BCUT2D eigenvalue weighted by atomic mass is 32.1. The quantitative estimate of drug-likeness (QED) is 0.818. The van der Waals surface area contributed by atoms with Gasteiger partial charge in [-0.15, -0.1) is 11.3 Å². The van der Waals surface area contributed by atoms with E-state index in [1.807, 2.05) is 11.3 Å². The van der Waals surface area contributed by atoms with E-state index in [9.17, 15) is 0 Å². The van der Waals surface area contributed by atoms with Crippen LogP contribution >= 0.6 is 11.3 Å². The zero-order valence-electron chi connectivity index (χ0n) is 8.88. The van der Waals surface area contributed by atoms with E-state index in [1.165, 1.54) is 42.8 Å². The predicted molar refractivity (Wildman–Crippen MR) is 63.6 cm³/mol. The molecule has 1 saturated heterocycles. The molecule has 1 aromatic heterocycles. The molecule has 1 aliphatic heterocycles. The SMILES string of the molecule is C1Cc2nc(NCC3CCNC3)sc2C1. The summed E-state index contributed by atoms with van der Waals surface area (Å²) in [5, 5.41) is 8.02. The average Bonchev–Trinajstić information content (AvgIpc) is 2.91. The fourth-order valence-electron chi connectivity index (χ4n) is 2.39. The lowest BCUT2D eigenvalue weighted by Gasteiger charge is -2.08. The van der Waals surface area contributed by atoms with E-state index >= 15 is 0 Å². The first-order valence-electron chi connectivity index (χ1n) is 5.85. The monoisotopic (exact) mass is 223 g/mol. The molecule has 1 fully saturated rings. The molecule has 1 aromatic rings. The summed E-state index contributed by atoms with van der Waals surface area (Å²) in [5.41, 5.74) is 1.35. The number of aromatic nitrogens is 1. The first-order chi connectivity index (χ1) is 7.42. The highest BCUT2D eigenvalue weighted by Crippen LogP contribution is 2.30. The molecule has 1 atom stereocenters. The minimum absolute atomic E-state index is 0.795. The van der Waals surface area contributed by atoms with E-state index in [1.54, 1.807) is 0 Å². The van der Waals surface area contributed by atoms with Crippen LogP contribution in [0.25, 0.3) is 0 Å². The Balaban J connectivity index is 1.57. The molecule has 2 heterocycles. The summed E-state index contributed by atoms with van der Waals surface area (Å²) in [5.74, 6) is 0.795. The summed E-state index contributed by atoms with van der Waals surface area (Å²) < 4.78 is 0. The lowest BCUT2D eigenvalue weighted by Crippen LogP contribution is -2.17. The van der Waals surface area contributed by atoms with Gasteiger partial charge in [-0.2, -0.15) is 0 Å². The third-order valence-corrected chi connectivity index (χ3v) is 4.42. The molecule has 1 unspecified atom stereocenters. The molecule has 0 spiro atoms. The molecule has 4 heteroatoms. The highest BCUT2D eigenvalue weighted by Gasteiger charge is 2.18. The molecule has 2 N–H and O–H groups in total. The lowest BCUT2D eigenvalue weighted by atomic mass is 10.1. The maximum absolute atomic E-state index is 4.64. The fourth-order valence-corrected chi connectivity index (χ4v) is 3.44. The highest BCUT2D eigenvalue weighted by molar-refractivity contribution is 7.15. The van der Waals surface area contributed by atoms with Gasteiger partial charge < -0.3 is 10.6 Å². The van der Waals surface area contributed by atoms with Gasteiger partial charge in [0.1, 0.15) is 0 Å². The Labute approximate surface area is 94.3 Å². The van der Waals surface area contributed by atoms with Crippen LogP contribution in [0.3, 0.4) is 0 Å². The standard InChI is InChI=1S/C11H17N3S/c1-2-9-10(3-1)15-11(14-9)13-7-8-4-5-12-6-8/h8,12H,1-7H2,(H,13,14). The van der Waals surface area contributed by atoms with Crippen LogP contribution in [0.15, 0.2) is 0 Å². The van der Waals surface area contributed by atoms with Crippen LogP contribution < -0.4 is 10.6 Å². The molecular weight excluding hydrogens is 206 g/mol. The third kappa shape index (κ3) is 2.01. The predicted octanol–water partition coefficient (Wildman–Crippen LogP) is 1.65. The van der Waals surface area contributed by atoms with Crippen LogP contribution in [0.2, 0.25) is 0 Å². The van der Waals surface area contributed by atoms with Crippen molar-refractivity contribution >= 4 is 16.5 Å². The van der Waals surface area contributed by atoms with Crippen molar-refractivity contribution in [1.82, 2.24) is 10.3 Å². The first kappa shape index (κ1) is 9.60. The van der Waals surface area contributed by atoms with Crippen LogP contribution in [0, 0.1) is 5.92 Å². The van der Waals surface area contributed by atoms with Crippen molar-refractivity contribution in [2.75, 3.05) is 25.0 Å². The molecule has 0 bridgehead atoms. The normalized spacial score (nSPS) is 24.4. The second kappa shape index (κ2) is 4.10. The van der Waals surface area contributed by atoms with Crippen molar-refractivity contribution in [3.63, 3.8) is 0 Å². The number of thiazole rings is 1. The van der Waals surface area contributed by atoms with Crippen molar-refractivity contribution < 1.29 is 0 Å². The van der Waals surface area contributed by atoms with Crippen molar-refractivity contribution in [1.29, 1.82) is 0 Å². The van der Waals surface area contributed by atoms with Crippen molar-refractivity contribution in [3.05, 3.63) is 10.6 Å². The van der Waals surface area contributed by atoms with E-state index in [2.05, 4.69) is 15.6 Å². The van der Waals surface area contributed by atoms with E-state index in [-0.39, 0.29) is 0 Å². The zero-order chi connectivity index (χ0) is 10.1. The average molecular weight is 223 g/mol. The molecule has 15 heavy (non-hydrogen) atoms. The minimum Gasteiger partial charge on any atom is -0.361 e. The Morgan fingerprint density at radius 3 is 3.27 bits per heavy atom. The second-order valence-electron chi connectivity index (χ2n) is 4.48. The van der Waals surface area contributed by atoms with Crippen LogP contribution in [-0.4, -0.2) is 24.6 Å². The van der Waals surface area contributed by atoms with Gasteiger partial charge in [0.2, 0.25) is 0 Å². The minimum atomic E-state index is 0.795. The van der Waals surface area contributed by atoms with Crippen molar-refractivity contribution in [2.24, 2.45) is 5.92 Å². The van der Waals surface area contributed by atoms with Crippen LogP contribution in [0.5, 0.6) is 0 Å². The lowest BCUT2D eigenvalue weighted by molar-refractivity contribution is 0.615. The first-order valence-corrected chi connectivity index (χ1v) is 6.66. The Morgan fingerprint density at radius 1 is 1.47 bits per heavy atom. The van der Waals surface area contributed by atoms with Gasteiger partial charge in [-0.05, 0) is 44.7 Å². The second-order valence-corrected chi connectivity index (χ2v) is 5.57. The zero-order valence-corrected chi connectivity index (χ0v) is 9.70. The Bertz CT molecular complexity index is 320. The number of nitrogens with one attached hydrogen (secondary N) is 2. The molecular formula is C11H17N3S. The van der Waals surface area contributed by atoms with Crippen LogP contribution in [0.4, 0.5) is 5.13 Å². The van der Waals surface area contributed by atoms with E-state index in [0.717, 1.165) is 24.1 Å². The molecule has 0 aromatic carbocycles. The van der Waals surface area contributed by atoms with Gasteiger partial charge in [-0.3, -0.25) is 0 Å². The van der Waals surface area contributed by atoms with Gasteiger partial charge in [0, 0.05) is 11.4 Å². The summed E-state index contributed by atoms with van der Waals surface area (Å²) in [6, 6.07) is 0. The van der Waals surface area contributed by atoms with Gasteiger partial charge in [0.05, 0.1) is 5.69 Å². The maximum Gasteiger partial charge on any atom is 0.183 e. The molecule has 3 rings (SSSR count). The summed E-state index contributed by atoms with van der Waals surface area (Å²) >= 11 is 1.86.